The summed E-state index contributed by atoms with van der Waals surface area (Å²) in [4.78, 5) is 9.72. The van der Waals surface area contributed by atoms with E-state index in [0.717, 1.165) is 0 Å². The SMILES string of the molecule is O=C(Br)CI. The number of carbonyl (C=O) groups excluding carboxylic acids is 1. The molecule has 0 aromatic heterocycles. The molecule has 0 bridgehead atoms. The summed E-state index contributed by atoms with van der Waals surface area (Å²) in [6.45, 7) is 0. The quantitative estimate of drug-likeness (QED) is 0.389. The van der Waals surface area contributed by atoms with Gasteiger partial charge >= 0.3 is 0 Å². The Morgan fingerprint density at radius 3 is 2.20 bits per heavy atom. The molecular formula is C2H2BrIO. The fourth-order valence-electron chi connectivity index (χ4n) is 0. The minimum Gasteiger partial charge on any atom is -0.286 e. The molecule has 0 heterocycles. The average Bonchev–Trinajstić information content (AvgIpc) is 1.38. The Balaban J connectivity index is 2.85. The number of rotatable bonds is 1. The van der Waals surface area contributed by atoms with Gasteiger partial charge in [0, 0.05) is 0 Å². The highest BCUT2D eigenvalue weighted by Crippen LogP contribution is 1.88. The van der Waals surface area contributed by atoms with Crippen LogP contribution in [-0.4, -0.2) is 9.12 Å². The van der Waals surface area contributed by atoms with Crippen molar-refractivity contribution in [2.45, 2.75) is 0 Å². The van der Waals surface area contributed by atoms with Crippen LogP contribution in [0.1, 0.15) is 0 Å². The van der Waals surface area contributed by atoms with E-state index in [1.54, 1.807) is 0 Å². The molecule has 0 amide bonds. The van der Waals surface area contributed by atoms with E-state index < -0.39 is 0 Å². The van der Waals surface area contributed by atoms with Crippen molar-refractivity contribution >= 4 is 43.2 Å². The summed E-state index contributed by atoms with van der Waals surface area (Å²) in [6, 6.07) is 0. The van der Waals surface area contributed by atoms with Crippen LogP contribution in [0.2, 0.25) is 0 Å². The molecule has 0 aromatic carbocycles. The summed E-state index contributed by atoms with van der Waals surface area (Å²) in [5, 5.41) is 0. The van der Waals surface area contributed by atoms with Crippen LogP contribution in [0, 0.1) is 0 Å². The Morgan fingerprint density at radius 1 is 2.00 bits per heavy atom. The highest BCUT2D eigenvalue weighted by Gasteiger charge is 1.82. The smallest absolute Gasteiger partial charge is 0.207 e. The van der Waals surface area contributed by atoms with E-state index in [-0.39, 0.29) is 4.69 Å². The van der Waals surface area contributed by atoms with E-state index in [1.807, 2.05) is 22.6 Å². The Hall–Kier alpha value is 0.880. The minimum absolute atomic E-state index is 0.0538. The molecule has 0 aromatic rings. The fourth-order valence-corrected chi connectivity index (χ4v) is 0. The molecule has 0 atom stereocenters. The summed E-state index contributed by atoms with van der Waals surface area (Å²) >= 11 is 4.71. The molecule has 0 aliphatic carbocycles. The first-order chi connectivity index (χ1) is 2.27. The van der Waals surface area contributed by atoms with Gasteiger partial charge in [0.15, 0.2) is 0 Å². The van der Waals surface area contributed by atoms with Gasteiger partial charge < -0.3 is 0 Å². The first-order valence-corrected chi connectivity index (χ1v) is 3.33. The van der Waals surface area contributed by atoms with Crippen molar-refractivity contribution in [3.8, 4) is 0 Å². The van der Waals surface area contributed by atoms with Gasteiger partial charge in [0.05, 0.1) is 4.43 Å². The lowest BCUT2D eigenvalue weighted by Gasteiger charge is -1.66. The van der Waals surface area contributed by atoms with Crippen molar-refractivity contribution in [1.29, 1.82) is 0 Å². The first kappa shape index (κ1) is 5.88. The molecule has 1 nitrogen and oxygen atoms in total. The zero-order valence-electron chi connectivity index (χ0n) is 2.37. The molecule has 0 rings (SSSR count). The van der Waals surface area contributed by atoms with Gasteiger partial charge in [-0.15, -0.1) is 0 Å². The molecule has 3 heteroatoms. The standard InChI is InChI=1S/C2H2BrIO/c3-2(5)1-4/h1H2. The number of alkyl halides is 1. The van der Waals surface area contributed by atoms with Crippen molar-refractivity contribution in [3.63, 3.8) is 0 Å². The second-order valence-corrected chi connectivity index (χ2v) is 2.14. The van der Waals surface area contributed by atoms with Gasteiger partial charge in [0.2, 0.25) is 4.69 Å². The summed E-state index contributed by atoms with van der Waals surface area (Å²) in [5.74, 6) is 0. The number of hydrogen-bond donors (Lipinski definition) is 0. The maximum atomic E-state index is 9.72. The van der Waals surface area contributed by atoms with Gasteiger partial charge in [-0.2, -0.15) is 0 Å². The lowest BCUT2D eigenvalue weighted by atomic mass is 10.9. The van der Waals surface area contributed by atoms with E-state index in [9.17, 15) is 4.79 Å². The topological polar surface area (TPSA) is 17.1 Å². The Labute approximate surface area is 52.4 Å². The van der Waals surface area contributed by atoms with Gasteiger partial charge in [0.25, 0.3) is 0 Å². The van der Waals surface area contributed by atoms with Crippen molar-refractivity contribution in [2.75, 3.05) is 4.43 Å². The van der Waals surface area contributed by atoms with Gasteiger partial charge in [-0.25, -0.2) is 0 Å². The van der Waals surface area contributed by atoms with Gasteiger partial charge in [0.1, 0.15) is 0 Å². The maximum Gasteiger partial charge on any atom is 0.207 e. The molecule has 0 saturated heterocycles. The summed E-state index contributed by atoms with van der Waals surface area (Å²) in [5.41, 5.74) is 0. The molecule has 0 radical (unpaired) electrons. The Bertz CT molecular complexity index is 44.9. The third kappa shape index (κ3) is 4.88. The van der Waals surface area contributed by atoms with Crippen LogP contribution in [0.15, 0.2) is 0 Å². The third-order valence-corrected chi connectivity index (χ3v) is 2.13. The highest BCUT2D eigenvalue weighted by molar-refractivity contribution is 14.1. The molecular weight excluding hydrogens is 247 g/mol. The Morgan fingerprint density at radius 2 is 2.20 bits per heavy atom. The van der Waals surface area contributed by atoms with E-state index >= 15 is 0 Å². The van der Waals surface area contributed by atoms with Gasteiger partial charge in [-0.1, -0.05) is 22.6 Å². The lowest BCUT2D eigenvalue weighted by Crippen LogP contribution is -1.79. The molecule has 0 fully saturated rings. The van der Waals surface area contributed by atoms with Crippen LogP contribution < -0.4 is 0 Å². The summed E-state index contributed by atoms with van der Waals surface area (Å²) in [7, 11) is 0. The lowest BCUT2D eigenvalue weighted by molar-refractivity contribution is -0.107. The first-order valence-electron chi connectivity index (χ1n) is 1.01. The van der Waals surface area contributed by atoms with Gasteiger partial charge in [-0.3, -0.25) is 4.79 Å². The highest BCUT2D eigenvalue weighted by atomic mass is 127. The predicted molar refractivity (Wildman–Crippen MR) is 32.8 cm³/mol. The molecule has 0 aliphatic rings. The minimum atomic E-state index is 0.0538. The number of halogens is 2. The maximum absolute atomic E-state index is 9.72. The van der Waals surface area contributed by atoms with Crippen molar-refractivity contribution in [2.24, 2.45) is 0 Å². The van der Waals surface area contributed by atoms with Crippen LogP contribution >= 0.6 is 38.5 Å². The number of hydrogen-bond acceptors (Lipinski definition) is 1. The van der Waals surface area contributed by atoms with E-state index in [1.165, 1.54) is 0 Å². The largest absolute Gasteiger partial charge is 0.286 e. The van der Waals surface area contributed by atoms with Crippen molar-refractivity contribution in [1.82, 2.24) is 0 Å². The van der Waals surface area contributed by atoms with Crippen molar-refractivity contribution < 1.29 is 4.79 Å². The second kappa shape index (κ2) is 3.08. The average molecular weight is 249 g/mol. The second-order valence-electron chi connectivity index (χ2n) is 0.489. The molecule has 0 spiro atoms. The van der Waals surface area contributed by atoms with Crippen molar-refractivity contribution in [3.05, 3.63) is 0 Å². The van der Waals surface area contributed by atoms with Crippen LogP contribution in [0.25, 0.3) is 0 Å². The van der Waals surface area contributed by atoms with Crippen LogP contribution in [-0.2, 0) is 4.79 Å². The predicted octanol–water partition coefficient (Wildman–Crippen LogP) is 1.34. The van der Waals surface area contributed by atoms with Crippen LogP contribution in [0.3, 0.4) is 0 Å². The molecule has 0 unspecified atom stereocenters. The molecule has 30 valence electrons. The Kier molecular flexibility index (Phi) is 3.63. The zero-order chi connectivity index (χ0) is 4.28. The van der Waals surface area contributed by atoms with E-state index in [2.05, 4.69) is 15.9 Å². The fraction of sp³-hybridized carbons (Fsp3) is 0.500. The van der Waals surface area contributed by atoms with Crippen LogP contribution in [0.5, 0.6) is 0 Å². The molecule has 0 saturated carbocycles. The van der Waals surface area contributed by atoms with Crippen LogP contribution in [0.4, 0.5) is 0 Å². The zero-order valence-corrected chi connectivity index (χ0v) is 6.11. The molecule has 0 N–H and O–H groups in total. The molecule has 5 heavy (non-hydrogen) atoms. The normalized spacial score (nSPS) is 7.60. The molecule has 0 aliphatic heterocycles. The van der Waals surface area contributed by atoms with Gasteiger partial charge in [-0.05, 0) is 15.9 Å². The third-order valence-electron chi connectivity index (χ3n) is 0.105. The van der Waals surface area contributed by atoms with E-state index in [4.69, 9.17) is 0 Å². The summed E-state index contributed by atoms with van der Waals surface area (Å²) < 4.78 is 0.607. The summed E-state index contributed by atoms with van der Waals surface area (Å²) in [6.07, 6.45) is 0. The van der Waals surface area contributed by atoms with E-state index in [0.29, 0.717) is 4.43 Å². The number of carbonyl (C=O) groups is 1. The monoisotopic (exact) mass is 248 g/mol.